The van der Waals surface area contributed by atoms with E-state index in [0.29, 0.717) is 5.75 Å². The first kappa shape index (κ1) is 14.5. The Hall–Kier alpha value is -1.86. The number of aromatic amines is 1. The highest BCUT2D eigenvalue weighted by Gasteiger charge is 2.28. The van der Waals surface area contributed by atoms with Crippen molar-refractivity contribution in [2.24, 2.45) is 0 Å². The van der Waals surface area contributed by atoms with Gasteiger partial charge in [-0.25, -0.2) is 8.42 Å². The van der Waals surface area contributed by atoms with Gasteiger partial charge < -0.3 is 4.74 Å². The number of sulfonamides is 1. The molecule has 0 bridgehead atoms. The lowest BCUT2D eigenvalue weighted by Crippen LogP contribution is -2.29. The quantitative estimate of drug-likeness (QED) is 0.912. The zero-order valence-electron chi connectivity index (χ0n) is 11.6. The van der Waals surface area contributed by atoms with Gasteiger partial charge in [0.2, 0.25) is 10.0 Å². The second-order valence-corrected chi connectivity index (χ2v) is 6.37. The SMILES string of the molecule is COc1ccccc1C(C)N(C)S(=O)(=O)c1cn[nH]c1. The summed E-state index contributed by atoms with van der Waals surface area (Å²) in [7, 11) is -0.477. The van der Waals surface area contributed by atoms with E-state index in [1.807, 2.05) is 31.2 Å². The number of hydrogen-bond donors (Lipinski definition) is 1. The van der Waals surface area contributed by atoms with Crippen molar-refractivity contribution in [1.29, 1.82) is 0 Å². The monoisotopic (exact) mass is 295 g/mol. The predicted octanol–water partition coefficient (Wildman–Crippen LogP) is 1.80. The van der Waals surface area contributed by atoms with E-state index in [9.17, 15) is 8.42 Å². The third-order valence-corrected chi connectivity index (χ3v) is 5.18. The zero-order chi connectivity index (χ0) is 14.8. The minimum absolute atomic E-state index is 0.141. The maximum atomic E-state index is 12.4. The van der Waals surface area contributed by atoms with Crippen molar-refractivity contribution >= 4 is 10.0 Å². The molecule has 0 fully saturated rings. The Kier molecular flexibility index (Phi) is 4.10. The molecule has 1 aromatic carbocycles. The minimum atomic E-state index is -3.58. The number of hydrogen-bond acceptors (Lipinski definition) is 4. The van der Waals surface area contributed by atoms with Crippen molar-refractivity contribution in [3.05, 3.63) is 42.2 Å². The smallest absolute Gasteiger partial charge is 0.246 e. The predicted molar refractivity (Wildman–Crippen MR) is 74.9 cm³/mol. The minimum Gasteiger partial charge on any atom is -0.496 e. The second-order valence-electron chi connectivity index (χ2n) is 4.37. The van der Waals surface area contributed by atoms with E-state index in [0.717, 1.165) is 5.56 Å². The van der Waals surface area contributed by atoms with Crippen molar-refractivity contribution in [3.63, 3.8) is 0 Å². The number of nitrogens with zero attached hydrogens (tertiary/aromatic N) is 2. The molecule has 0 radical (unpaired) electrons. The molecule has 1 heterocycles. The number of benzene rings is 1. The summed E-state index contributed by atoms with van der Waals surface area (Å²) in [5, 5.41) is 6.19. The first-order valence-corrected chi connectivity index (χ1v) is 7.52. The van der Waals surface area contributed by atoms with Crippen LogP contribution in [0.5, 0.6) is 5.75 Å². The Bertz CT molecular complexity index is 668. The Morgan fingerprint density at radius 1 is 1.35 bits per heavy atom. The van der Waals surface area contributed by atoms with Gasteiger partial charge in [0.25, 0.3) is 0 Å². The van der Waals surface area contributed by atoms with E-state index >= 15 is 0 Å². The number of para-hydroxylation sites is 1. The molecule has 2 aromatic rings. The van der Waals surface area contributed by atoms with Gasteiger partial charge in [-0.3, -0.25) is 5.10 Å². The molecule has 20 heavy (non-hydrogen) atoms. The third kappa shape index (κ3) is 2.54. The lowest BCUT2D eigenvalue weighted by molar-refractivity contribution is 0.367. The summed E-state index contributed by atoms with van der Waals surface area (Å²) in [6.07, 6.45) is 2.65. The van der Waals surface area contributed by atoms with E-state index in [1.165, 1.54) is 16.7 Å². The van der Waals surface area contributed by atoms with E-state index in [-0.39, 0.29) is 10.9 Å². The summed E-state index contributed by atoms with van der Waals surface area (Å²) in [5.41, 5.74) is 0.810. The highest BCUT2D eigenvalue weighted by atomic mass is 32.2. The molecular formula is C13H17N3O3S. The Balaban J connectivity index is 2.36. The molecule has 0 aliphatic carbocycles. The van der Waals surface area contributed by atoms with Crippen molar-refractivity contribution < 1.29 is 13.2 Å². The largest absolute Gasteiger partial charge is 0.496 e. The van der Waals surface area contributed by atoms with Crippen molar-refractivity contribution in [2.75, 3.05) is 14.2 Å². The summed E-state index contributed by atoms with van der Waals surface area (Å²) in [6.45, 7) is 1.81. The fourth-order valence-electron chi connectivity index (χ4n) is 1.96. The molecule has 0 aliphatic heterocycles. The number of nitrogens with one attached hydrogen (secondary N) is 1. The fourth-order valence-corrected chi connectivity index (χ4v) is 3.21. The number of methoxy groups -OCH3 is 1. The molecule has 1 unspecified atom stereocenters. The lowest BCUT2D eigenvalue weighted by atomic mass is 10.1. The molecule has 0 spiro atoms. The molecular weight excluding hydrogens is 278 g/mol. The van der Waals surface area contributed by atoms with Crippen LogP contribution in [0.1, 0.15) is 18.5 Å². The van der Waals surface area contributed by atoms with Gasteiger partial charge in [-0.1, -0.05) is 18.2 Å². The molecule has 0 aliphatic rings. The maximum Gasteiger partial charge on any atom is 0.246 e. The van der Waals surface area contributed by atoms with Crippen LogP contribution in [0.2, 0.25) is 0 Å². The summed E-state index contributed by atoms with van der Waals surface area (Å²) < 4.78 is 31.4. The van der Waals surface area contributed by atoms with Crippen molar-refractivity contribution in [2.45, 2.75) is 17.9 Å². The number of ether oxygens (including phenoxy) is 1. The molecule has 6 nitrogen and oxygen atoms in total. The van der Waals surface area contributed by atoms with Crippen LogP contribution in [0.25, 0.3) is 0 Å². The second kappa shape index (κ2) is 5.64. The third-order valence-electron chi connectivity index (χ3n) is 3.28. The average molecular weight is 295 g/mol. The van der Waals surface area contributed by atoms with E-state index in [4.69, 9.17) is 4.74 Å². The number of rotatable bonds is 5. The molecule has 1 atom stereocenters. The topological polar surface area (TPSA) is 75.3 Å². The highest BCUT2D eigenvalue weighted by molar-refractivity contribution is 7.89. The van der Waals surface area contributed by atoms with Gasteiger partial charge in [-0.05, 0) is 13.0 Å². The zero-order valence-corrected chi connectivity index (χ0v) is 12.4. The standard InChI is InChI=1S/C13H17N3O3S/c1-10(12-6-4-5-7-13(12)19-3)16(2)20(17,18)11-8-14-15-9-11/h4-10H,1-3H3,(H,14,15). The van der Waals surface area contributed by atoms with Gasteiger partial charge in [0.1, 0.15) is 10.6 Å². The van der Waals surface area contributed by atoms with Gasteiger partial charge in [0.15, 0.2) is 0 Å². The van der Waals surface area contributed by atoms with Gasteiger partial charge in [-0.15, -0.1) is 0 Å². The molecule has 108 valence electrons. The van der Waals surface area contributed by atoms with Gasteiger partial charge in [-0.2, -0.15) is 9.40 Å². The average Bonchev–Trinajstić information content (AvgIpc) is 3.00. The normalized spacial score (nSPS) is 13.4. The summed E-state index contributed by atoms with van der Waals surface area (Å²) >= 11 is 0. The van der Waals surface area contributed by atoms with E-state index in [2.05, 4.69) is 10.2 Å². The molecule has 0 saturated heterocycles. The Morgan fingerprint density at radius 2 is 2.05 bits per heavy atom. The summed E-state index contributed by atoms with van der Waals surface area (Å²) in [4.78, 5) is 0.141. The highest BCUT2D eigenvalue weighted by Crippen LogP contribution is 2.31. The van der Waals surface area contributed by atoms with Gasteiger partial charge in [0.05, 0.1) is 19.3 Å². The van der Waals surface area contributed by atoms with E-state index < -0.39 is 10.0 Å². The summed E-state index contributed by atoms with van der Waals surface area (Å²) in [6, 6.07) is 7.01. The van der Waals surface area contributed by atoms with Crippen LogP contribution >= 0.6 is 0 Å². The lowest BCUT2D eigenvalue weighted by Gasteiger charge is -2.25. The van der Waals surface area contributed by atoms with Crippen LogP contribution in [0.3, 0.4) is 0 Å². The van der Waals surface area contributed by atoms with Crippen LogP contribution in [-0.2, 0) is 10.0 Å². The molecule has 1 aromatic heterocycles. The molecule has 0 amide bonds. The fraction of sp³-hybridized carbons (Fsp3) is 0.308. The molecule has 2 rings (SSSR count). The number of H-pyrrole nitrogens is 1. The Labute approximate surface area is 118 Å². The number of aromatic nitrogens is 2. The van der Waals surface area contributed by atoms with Gasteiger partial charge in [0, 0.05) is 18.8 Å². The first-order valence-electron chi connectivity index (χ1n) is 6.08. The molecule has 1 N–H and O–H groups in total. The van der Waals surface area contributed by atoms with Crippen LogP contribution < -0.4 is 4.74 Å². The molecule has 7 heteroatoms. The van der Waals surface area contributed by atoms with Crippen LogP contribution in [0, 0.1) is 0 Å². The molecule has 0 saturated carbocycles. The van der Waals surface area contributed by atoms with Crippen molar-refractivity contribution in [3.8, 4) is 5.75 Å². The maximum absolute atomic E-state index is 12.4. The van der Waals surface area contributed by atoms with E-state index in [1.54, 1.807) is 14.2 Å². The summed E-state index contributed by atoms with van der Waals surface area (Å²) in [5.74, 6) is 0.661. The van der Waals surface area contributed by atoms with Crippen molar-refractivity contribution in [1.82, 2.24) is 14.5 Å². The van der Waals surface area contributed by atoms with Crippen LogP contribution in [0.15, 0.2) is 41.6 Å². The Morgan fingerprint density at radius 3 is 2.65 bits per heavy atom. The van der Waals surface area contributed by atoms with Crippen LogP contribution in [-0.4, -0.2) is 37.1 Å². The first-order chi connectivity index (χ1) is 9.48. The van der Waals surface area contributed by atoms with Gasteiger partial charge >= 0.3 is 0 Å². The van der Waals surface area contributed by atoms with Crippen LogP contribution in [0.4, 0.5) is 0 Å².